The van der Waals surface area contributed by atoms with Crippen LogP contribution in [0.5, 0.6) is 5.75 Å². The Morgan fingerprint density at radius 1 is 0.935 bits per heavy atom. The molecule has 0 radical (unpaired) electrons. The molecule has 1 N–H and O–H groups in total. The number of Topliss-reactive ketones (excluding diaryl/α,β-unsaturated/α-hetero) is 1. The number of aromatic nitrogens is 2. The van der Waals surface area contributed by atoms with Crippen LogP contribution in [0.3, 0.4) is 0 Å². The smallest absolute Gasteiger partial charge is 0.258 e. The zero-order chi connectivity index (χ0) is 21.6. The summed E-state index contributed by atoms with van der Waals surface area (Å²) < 4.78 is 7.39. The molecule has 0 aliphatic heterocycles. The summed E-state index contributed by atoms with van der Waals surface area (Å²) in [6.45, 7) is 1.89. The van der Waals surface area contributed by atoms with Crippen molar-refractivity contribution in [1.29, 1.82) is 0 Å². The third-order valence-corrected chi connectivity index (χ3v) is 4.96. The van der Waals surface area contributed by atoms with Crippen LogP contribution in [0.15, 0.2) is 84.9 Å². The Kier molecular flexibility index (Phi) is 6.08. The molecule has 0 saturated heterocycles. The highest BCUT2D eigenvalue weighted by atomic mass is 16.5. The first-order valence-electron chi connectivity index (χ1n) is 10.1. The van der Waals surface area contributed by atoms with Crippen LogP contribution >= 0.6 is 0 Å². The summed E-state index contributed by atoms with van der Waals surface area (Å²) in [4.78, 5) is 30.0. The molecule has 1 unspecified atom stereocenters. The zero-order valence-electron chi connectivity index (χ0n) is 17.2. The van der Waals surface area contributed by atoms with Crippen molar-refractivity contribution in [2.45, 2.75) is 19.5 Å². The minimum absolute atomic E-state index is 0.0176. The highest BCUT2D eigenvalue weighted by molar-refractivity contribution is 5.96. The van der Waals surface area contributed by atoms with E-state index in [1.807, 2.05) is 72.2 Å². The van der Waals surface area contributed by atoms with Crippen LogP contribution in [-0.4, -0.2) is 27.8 Å². The van der Waals surface area contributed by atoms with Crippen LogP contribution in [0.4, 0.5) is 0 Å². The van der Waals surface area contributed by atoms with Gasteiger partial charge in [0.15, 0.2) is 12.4 Å². The number of hydrogen-bond donors (Lipinski definition) is 1. The number of ketones is 1. The van der Waals surface area contributed by atoms with Gasteiger partial charge in [-0.2, -0.15) is 0 Å². The molecule has 0 spiro atoms. The van der Waals surface area contributed by atoms with Crippen LogP contribution in [0, 0.1) is 0 Å². The first-order valence-corrected chi connectivity index (χ1v) is 10.1. The van der Waals surface area contributed by atoms with Gasteiger partial charge in [0.25, 0.3) is 5.91 Å². The summed E-state index contributed by atoms with van der Waals surface area (Å²) in [5.41, 5.74) is 2.27. The molecule has 1 atom stereocenters. The summed E-state index contributed by atoms with van der Waals surface area (Å²) in [7, 11) is 0. The van der Waals surface area contributed by atoms with Gasteiger partial charge in [0.05, 0.1) is 23.6 Å². The monoisotopic (exact) mass is 413 g/mol. The van der Waals surface area contributed by atoms with Crippen molar-refractivity contribution in [3.63, 3.8) is 0 Å². The average Bonchev–Trinajstić information content (AvgIpc) is 3.17. The fraction of sp³-hybridized carbons (Fsp3) is 0.160. The van der Waals surface area contributed by atoms with E-state index >= 15 is 0 Å². The van der Waals surface area contributed by atoms with Crippen LogP contribution < -0.4 is 10.1 Å². The normalized spacial score (nSPS) is 11.8. The molecule has 0 bridgehead atoms. The van der Waals surface area contributed by atoms with Crippen molar-refractivity contribution < 1.29 is 14.3 Å². The molecule has 1 amide bonds. The fourth-order valence-corrected chi connectivity index (χ4v) is 3.46. The van der Waals surface area contributed by atoms with Crippen molar-refractivity contribution in [2.24, 2.45) is 0 Å². The SMILES string of the molecule is CC(NC(=O)COc1ccccc1)c1nc2ccccc2n1CC(=O)c1ccccc1. The van der Waals surface area contributed by atoms with E-state index in [0.717, 1.165) is 11.0 Å². The molecule has 4 aromatic rings. The number of ether oxygens (including phenoxy) is 1. The van der Waals surface area contributed by atoms with Crippen LogP contribution in [0.25, 0.3) is 11.0 Å². The van der Waals surface area contributed by atoms with Crippen molar-refractivity contribution in [2.75, 3.05) is 6.61 Å². The second-order valence-corrected chi connectivity index (χ2v) is 7.22. The molecule has 6 nitrogen and oxygen atoms in total. The largest absolute Gasteiger partial charge is 0.484 e. The lowest BCUT2D eigenvalue weighted by Crippen LogP contribution is -2.33. The number of imidazole rings is 1. The minimum atomic E-state index is -0.400. The van der Waals surface area contributed by atoms with Gasteiger partial charge in [-0.05, 0) is 31.2 Å². The maximum atomic E-state index is 12.9. The van der Waals surface area contributed by atoms with Crippen molar-refractivity contribution in [3.05, 3.63) is 96.3 Å². The first kappa shape index (κ1) is 20.3. The quantitative estimate of drug-likeness (QED) is 0.440. The van der Waals surface area contributed by atoms with E-state index in [9.17, 15) is 9.59 Å². The van der Waals surface area contributed by atoms with E-state index in [0.29, 0.717) is 17.1 Å². The van der Waals surface area contributed by atoms with E-state index in [-0.39, 0.29) is 24.8 Å². The number of nitrogens with zero attached hydrogens (tertiary/aromatic N) is 2. The highest BCUT2D eigenvalue weighted by Gasteiger charge is 2.20. The minimum Gasteiger partial charge on any atom is -0.484 e. The van der Waals surface area contributed by atoms with Gasteiger partial charge in [-0.3, -0.25) is 9.59 Å². The Labute approximate surface area is 180 Å². The highest BCUT2D eigenvalue weighted by Crippen LogP contribution is 2.21. The van der Waals surface area contributed by atoms with E-state index in [1.165, 1.54) is 0 Å². The fourth-order valence-electron chi connectivity index (χ4n) is 3.46. The molecule has 6 heteroatoms. The van der Waals surface area contributed by atoms with E-state index in [2.05, 4.69) is 10.3 Å². The summed E-state index contributed by atoms with van der Waals surface area (Å²) in [6, 6.07) is 25.6. The Morgan fingerprint density at radius 3 is 2.32 bits per heavy atom. The number of rotatable bonds is 8. The molecule has 1 aromatic heterocycles. The molecule has 4 rings (SSSR count). The third kappa shape index (κ3) is 4.80. The number of carbonyl (C=O) groups excluding carboxylic acids is 2. The van der Waals surface area contributed by atoms with Gasteiger partial charge in [-0.15, -0.1) is 0 Å². The first-order chi connectivity index (χ1) is 15.1. The van der Waals surface area contributed by atoms with Gasteiger partial charge in [-0.1, -0.05) is 60.7 Å². The Bertz CT molecular complexity index is 1190. The van der Waals surface area contributed by atoms with E-state index in [1.54, 1.807) is 24.3 Å². The Morgan fingerprint density at radius 2 is 1.58 bits per heavy atom. The molecule has 156 valence electrons. The molecule has 0 aliphatic carbocycles. The van der Waals surface area contributed by atoms with E-state index in [4.69, 9.17) is 4.74 Å². The summed E-state index contributed by atoms with van der Waals surface area (Å²) in [5.74, 6) is 0.977. The molecular weight excluding hydrogens is 390 g/mol. The predicted molar refractivity (Wildman–Crippen MR) is 119 cm³/mol. The molecule has 1 heterocycles. The summed E-state index contributed by atoms with van der Waals surface area (Å²) >= 11 is 0. The van der Waals surface area contributed by atoms with Crippen LogP contribution in [0.2, 0.25) is 0 Å². The number of fused-ring (bicyclic) bond motifs is 1. The second kappa shape index (κ2) is 9.26. The molecule has 0 aliphatic rings. The van der Waals surface area contributed by atoms with Crippen LogP contribution in [-0.2, 0) is 11.3 Å². The number of benzene rings is 3. The number of carbonyl (C=O) groups is 2. The molecule has 31 heavy (non-hydrogen) atoms. The Balaban J connectivity index is 1.53. The average molecular weight is 413 g/mol. The van der Waals surface area contributed by atoms with Crippen molar-refractivity contribution >= 4 is 22.7 Å². The number of nitrogens with one attached hydrogen (secondary N) is 1. The number of hydrogen-bond acceptors (Lipinski definition) is 4. The van der Waals surface area contributed by atoms with Gasteiger partial charge >= 0.3 is 0 Å². The predicted octanol–water partition coefficient (Wildman–Crippen LogP) is 4.18. The van der Waals surface area contributed by atoms with Crippen molar-refractivity contribution in [3.8, 4) is 5.75 Å². The van der Waals surface area contributed by atoms with Gasteiger partial charge in [-0.25, -0.2) is 4.98 Å². The molecule has 0 saturated carbocycles. The van der Waals surface area contributed by atoms with Gasteiger partial charge in [0.1, 0.15) is 11.6 Å². The second-order valence-electron chi connectivity index (χ2n) is 7.22. The van der Waals surface area contributed by atoms with E-state index < -0.39 is 6.04 Å². The van der Waals surface area contributed by atoms with Gasteiger partial charge < -0.3 is 14.6 Å². The van der Waals surface area contributed by atoms with Crippen LogP contribution in [0.1, 0.15) is 29.1 Å². The zero-order valence-corrected chi connectivity index (χ0v) is 17.2. The van der Waals surface area contributed by atoms with Gasteiger partial charge in [0, 0.05) is 5.56 Å². The van der Waals surface area contributed by atoms with Gasteiger partial charge in [0.2, 0.25) is 0 Å². The third-order valence-electron chi connectivity index (χ3n) is 4.96. The lowest BCUT2D eigenvalue weighted by molar-refractivity contribution is -0.123. The number of amides is 1. The molecule has 3 aromatic carbocycles. The molecule has 0 fully saturated rings. The van der Waals surface area contributed by atoms with Crippen molar-refractivity contribution in [1.82, 2.24) is 14.9 Å². The standard InChI is InChI=1S/C25H23N3O3/c1-18(26-24(30)17-31-20-12-6-3-7-13-20)25-27-21-14-8-9-15-22(21)28(25)16-23(29)19-10-4-2-5-11-19/h2-15,18H,16-17H2,1H3,(H,26,30). The lowest BCUT2D eigenvalue weighted by atomic mass is 10.1. The topological polar surface area (TPSA) is 73.2 Å². The summed E-state index contributed by atoms with van der Waals surface area (Å²) in [5, 5.41) is 2.92. The Hall–Kier alpha value is -3.93. The number of para-hydroxylation sites is 3. The lowest BCUT2D eigenvalue weighted by Gasteiger charge is -2.16. The maximum Gasteiger partial charge on any atom is 0.258 e. The maximum absolute atomic E-state index is 12.9. The summed E-state index contributed by atoms with van der Waals surface area (Å²) in [6.07, 6.45) is 0. The molecular formula is C25H23N3O3.